The largest absolute Gasteiger partial charge is 0.493 e. The van der Waals surface area contributed by atoms with Gasteiger partial charge in [-0.25, -0.2) is 0 Å². The standard InChI is InChI=1S/C18H17NO4/c1-21-16-8-4-5-9-17(16)22-12-18(20)19-11-14-10-13-6-2-3-7-15(13)23-14/h2-10H,11-12H2,1H3,(H,19,20). The van der Waals surface area contributed by atoms with E-state index in [0.29, 0.717) is 23.8 Å². The van der Waals surface area contributed by atoms with Gasteiger partial charge in [-0.15, -0.1) is 0 Å². The van der Waals surface area contributed by atoms with E-state index in [0.717, 1.165) is 11.0 Å². The number of rotatable bonds is 6. The molecule has 118 valence electrons. The van der Waals surface area contributed by atoms with Crippen LogP contribution in [0.3, 0.4) is 0 Å². The molecule has 0 fully saturated rings. The van der Waals surface area contributed by atoms with Crippen molar-refractivity contribution in [3.63, 3.8) is 0 Å². The molecule has 0 radical (unpaired) electrons. The third-order valence-corrected chi connectivity index (χ3v) is 3.36. The fourth-order valence-corrected chi connectivity index (χ4v) is 2.24. The van der Waals surface area contributed by atoms with Crippen LogP contribution in [0.4, 0.5) is 0 Å². The molecule has 1 amide bonds. The summed E-state index contributed by atoms with van der Waals surface area (Å²) in [6.45, 7) is 0.239. The number of fused-ring (bicyclic) bond motifs is 1. The molecule has 23 heavy (non-hydrogen) atoms. The minimum absolute atomic E-state index is 0.0827. The number of para-hydroxylation sites is 3. The van der Waals surface area contributed by atoms with Gasteiger partial charge >= 0.3 is 0 Å². The van der Waals surface area contributed by atoms with Crippen molar-refractivity contribution >= 4 is 16.9 Å². The van der Waals surface area contributed by atoms with Crippen LogP contribution in [0.15, 0.2) is 59.0 Å². The van der Waals surface area contributed by atoms with Crippen molar-refractivity contribution < 1.29 is 18.7 Å². The summed E-state index contributed by atoms with van der Waals surface area (Å²) in [7, 11) is 1.56. The minimum Gasteiger partial charge on any atom is -0.493 e. The molecular formula is C18H17NO4. The molecule has 0 unspecified atom stereocenters. The van der Waals surface area contributed by atoms with E-state index in [-0.39, 0.29) is 12.5 Å². The first-order chi connectivity index (χ1) is 11.3. The van der Waals surface area contributed by atoms with E-state index < -0.39 is 0 Å². The summed E-state index contributed by atoms with van der Waals surface area (Å²) in [5, 5.41) is 3.78. The number of hydrogen-bond donors (Lipinski definition) is 1. The first-order valence-corrected chi connectivity index (χ1v) is 7.26. The summed E-state index contributed by atoms with van der Waals surface area (Å²) in [6.07, 6.45) is 0. The molecule has 2 aromatic carbocycles. The summed E-state index contributed by atoms with van der Waals surface area (Å²) in [5.41, 5.74) is 0.807. The molecule has 3 rings (SSSR count). The molecule has 1 N–H and O–H groups in total. The van der Waals surface area contributed by atoms with Gasteiger partial charge in [0, 0.05) is 5.39 Å². The molecule has 0 saturated heterocycles. The van der Waals surface area contributed by atoms with Crippen LogP contribution in [-0.4, -0.2) is 19.6 Å². The van der Waals surface area contributed by atoms with Crippen LogP contribution < -0.4 is 14.8 Å². The molecule has 1 aromatic heterocycles. The Labute approximate surface area is 133 Å². The van der Waals surface area contributed by atoms with Crippen LogP contribution in [0.25, 0.3) is 11.0 Å². The Kier molecular flexibility index (Phi) is 4.47. The predicted octanol–water partition coefficient (Wildman–Crippen LogP) is 3.14. The molecule has 0 aliphatic carbocycles. The maximum atomic E-state index is 11.9. The number of carbonyl (C=O) groups excluding carboxylic acids is 1. The number of ether oxygens (including phenoxy) is 2. The van der Waals surface area contributed by atoms with Gasteiger partial charge in [0.05, 0.1) is 13.7 Å². The molecule has 5 heteroatoms. The zero-order chi connectivity index (χ0) is 16.1. The lowest BCUT2D eigenvalue weighted by Gasteiger charge is -2.10. The number of methoxy groups -OCH3 is 1. The molecule has 0 aliphatic heterocycles. The highest BCUT2D eigenvalue weighted by atomic mass is 16.5. The van der Waals surface area contributed by atoms with Crippen molar-refractivity contribution in [1.29, 1.82) is 0 Å². The van der Waals surface area contributed by atoms with Crippen LogP contribution in [-0.2, 0) is 11.3 Å². The monoisotopic (exact) mass is 311 g/mol. The Morgan fingerprint density at radius 1 is 1.09 bits per heavy atom. The predicted molar refractivity (Wildman–Crippen MR) is 86.5 cm³/mol. The van der Waals surface area contributed by atoms with Gasteiger partial charge in [0.1, 0.15) is 11.3 Å². The Bertz CT molecular complexity index is 776. The van der Waals surface area contributed by atoms with E-state index in [2.05, 4.69) is 5.32 Å². The average molecular weight is 311 g/mol. The number of carbonyl (C=O) groups is 1. The second-order valence-corrected chi connectivity index (χ2v) is 4.97. The molecular weight excluding hydrogens is 294 g/mol. The van der Waals surface area contributed by atoms with Crippen molar-refractivity contribution in [1.82, 2.24) is 5.32 Å². The Morgan fingerprint density at radius 2 is 1.83 bits per heavy atom. The highest BCUT2D eigenvalue weighted by Crippen LogP contribution is 2.25. The topological polar surface area (TPSA) is 60.7 Å². The van der Waals surface area contributed by atoms with Gasteiger partial charge in [0.2, 0.25) is 0 Å². The SMILES string of the molecule is COc1ccccc1OCC(=O)NCc1cc2ccccc2o1. The molecule has 0 aliphatic rings. The van der Waals surface area contributed by atoms with Gasteiger partial charge in [-0.1, -0.05) is 30.3 Å². The second kappa shape index (κ2) is 6.87. The van der Waals surface area contributed by atoms with Gasteiger partial charge in [-0.05, 0) is 24.3 Å². The Balaban J connectivity index is 1.53. The number of furan rings is 1. The van der Waals surface area contributed by atoms with Crippen LogP contribution in [0, 0.1) is 0 Å². The lowest BCUT2D eigenvalue weighted by Crippen LogP contribution is -2.28. The molecule has 5 nitrogen and oxygen atoms in total. The van der Waals surface area contributed by atoms with Crippen LogP contribution in [0.1, 0.15) is 5.76 Å². The zero-order valence-corrected chi connectivity index (χ0v) is 12.7. The van der Waals surface area contributed by atoms with Crippen LogP contribution >= 0.6 is 0 Å². The van der Waals surface area contributed by atoms with Crippen molar-refractivity contribution in [3.8, 4) is 11.5 Å². The first-order valence-electron chi connectivity index (χ1n) is 7.26. The van der Waals surface area contributed by atoms with E-state index in [1.807, 2.05) is 42.5 Å². The second-order valence-electron chi connectivity index (χ2n) is 4.97. The van der Waals surface area contributed by atoms with Crippen molar-refractivity contribution in [2.24, 2.45) is 0 Å². The number of nitrogens with one attached hydrogen (secondary N) is 1. The summed E-state index contributed by atoms with van der Waals surface area (Å²) in [5.74, 6) is 1.61. The highest BCUT2D eigenvalue weighted by Gasteiger charge is 2.08. The average Bonchev–Trinajstić information content (AvgIpc) is 3.01. The summed E-state index contributed by atoms with van der Waals surface area (Å²) >= 11 is 0. The number of benzene rings is 2. The Morgan fingerprint density at radius 3 is 2.61 bits per heavy atom. The summed E-state index contributed by atoms with van der Waals surface area (Å²) in [4.78, 5) is 11.9. The lowest BCUT2D eigenvalue weighted by molar-refractivity contribution is -0.123. The number of amides is 1. The van der Waals surface area contributed by atoms with Crippen molar-refractivity contribution in [2.75, 3.05) is 13.7 Å². The first kappa shape index (κ1) is 15.0. The Hall–Kier alpha value is -2.95. The van der Waals surface area contributed by atoms with E-state index in [1.54, 1.807) is 19.2 Å². The fourth-order valence-electron chi connectivity index (χ4n) is 2.24. The minimum atomic E-state index is -0.226. The van der Waals surface area contributed by atoms with Crippen LogP contribution in [0.2, 0.25) is 0 Å². The molecule has 0 atom stereocenters. The highest BCUT2D eigenvalue weighted by molar-refractivity contribution is 5.79. The quantitative estimate of drug-likeness (QED) is 0.760. The molecule has 0 spiro atoms. The van der Waals surface area contributed by atoms with E-state index in [4.69, 9.17) is 13.9 Å². The molecule has 0 saturated carbocycles. The van der Waals surface area contributed by atoms with Gasteiger partial charge in [0.15, 0.2) is 18.1 Å². The number of hydrogen-bond acceptors (Lipinski definition) is 4. The maximum Gasteiger partial charge on any atom is 0.258 e. The van der Waals surface area contributed by atoms with Crippen LogP contribution in [0.5, 0.6) is 11.5 Å². The van der Waals surface area contributed by atoms with E-state index in [1.165, 1.54) is 0 Å². The van der Waals surface area contributed by atoms with Crippen molar-refractivity contribution in [3.05, 3.63) is 60.4 Å². The smallest absolute Gasteiger partial charge is 0.258 e. The van der Waals surface area contributed by atoms with Gasteiger partial charge in [-0.3, -0.25) is 4.79 Å². The zero-order valence-electron chi connectivity index (χ0n) is 12.7. The fraction of sp³-hybridized carbons (Fsp3) is 0.167. The molecule has 0 bridgehead atoms. The summed E-state index contributed by atoms with van der Waals surface area (Å²) < 4.78 is 16.3. The maximum absolute atomic E-state index is 11.9. The third kappa shape index (κ3) is 3.63. The lowest BCUT2D eigenvalue weighted by atomic mass is 10.2. The third-order valence-electron chi connectivity index (χ3n) is 3.36. The van der Waals surface area contributed by atoms with Crippen molar-refractivity contribution in [2.45, 2.75) is 6.54 Å². The molecule has 1 heterocycles. The van der Waals surface area contributed by atoms with E-state index >= 15 is 0 Å². The van der Waals surface area contributed by atoms with Gasteiger partial charge in [-0.2, -0.15) is 0 Å². The summed E-state index contributed by atoms with van der Waals surface area (Å²) in [6, 6.07) is 16.8. The molecule has 3 aromatic rings. The van der Waals surface area contributed by atoms with E-state index in [9.17, 15) is 4.79 Å². The normalized spacial score (nSPS) is 10.5. The van der Waals surface area contributed by atoms with Gasteiger partial charge < -0.3 is 19.2 Å². The van der Waals surface area contributed by atoms with Gasteiger partial charge in [0.25, 0.3) is 5.91 Å².